The van der Waals surface area contributed by atoms with Crippen molar-refractivity contribution in [3.63, 3.8) is 0 Å². The van der Waals surface area contributed by atoms with E-state index in [-0.39, 0.29) is 11.8 Å². The largest absolute Gasteiger partial charge is 0.328 e. The molecule has 0 aliphatic heterocycles. The Labute approximate surface area is 102 Å². The molecule has 3 N–H and O–H groups in total. The predicted molar refractivity (Wildman–Crippen MR) is 67.8 cm³/mol. The summed E-state index contributed by atoms with van der Waals surface area (Å²) in [5.74, 6) is 0.461. The third kappa shape index (κ3) is 3.80. The summed E-state index contributed by atoms with van der Waals surface area (Å²) in [6.07, 6.45) is 1.85. The van der Waals surface area contributed by atoms with Crippen LogP contribution < -0.4 is 10.5 Å². The van der Waals surface area contributed by atoms with Crippen LogP contribution >= 0.6 is 0 Å². The zero-order valence-corrected chi connectivity index (χ0v) is 10.5. The van der Waals surface area contributed by atoms with Gasteiger partial charge >= 0.3 is 0 Å². The highest BCUT2D eigenvalue weighted by Gasteiger charge is 2.26. The fraction of sp³-hybridized carbons (Fsp3) is 0.500. The van der Waals surface area contributed by atoms with Crippen LogP contribution in [0.5, 0.6) is 0 Å². The minimum absolute atomic E-state index is 0.0482. The summed E-state index contributed by atoms with van der Waals surface area (Å²) in [4.78, 5) is 0. The van der Waals surface area contributed by atoms with E-state index in [4.69, 9.17) is 5.73 Å². The van der Waals surface area contributed by atoms with Gasteiger partial charge in [-0.15, -0.1) is 0 Å². The summed E-state index contributed by atoms with van der Waals surface area (Å²) >= 11 is 0. The zero-order valence-electron chi connectivity index (χ0n) is 9.67. The Morgan fingerprint density at radius 2 is 1.88 bits per heavy atom. The van der Waals surface area contributed by atoms with Crippen LogP contribution in [0.2, 0.25) is 0 Å². The summed E-state index contributed by atoms with van der Waals surface area (Å²) < 4.78 is 26.2. The van der Waals surface area contributed by atoms with Crippen molar-refractivity contribution in [2.45, 2.75) is 24.6 Å². The van der Waals surface area contributed by atoms with Gasteiger partial charge in [0, 0.05) is 12.6 Å². The first-order chi connectivity index (χ1) is 8.05. The van der Waals surface area contributed by atoms with Gasteiger partial charge in [0.2, 0.25) is 10.0 Å². The van der Waals surface area contributed by atoms with Gasteiger partial charge in [-0.2, -0.15) is 0 Å². The van der Waals surface area contributed by atoms with E-state index in [0.717, 1.165) is 18.4 Å². The van der Waals surface area contributed by atoms with Crippen molar-refractivity contribution in [1.82, 2.24) is 4.72 Å². The van der Waals surface area contributed by atoms with Gasteiger partial charge in [-0.1, -0.05) is 30.3 Å². The highest BCUT2D eigenvalue weighted by atomic mass is 32.2. The standard InChI is InChI=1S/C12H18N2O2S/c13-12-6-11(7-12)8-14-17(15,16)9-10-4-2-1-3-5-10/h1-5,11-12,14H,6-9,13H2. The topological polar surface area (TPSA) is 72.2 Å². The lowest BCUT2D eigenvalue weighted by Crippen LogP contribution is -2.42. The van der Waals surface area contributed by atoms with E-state index in [1.165, 1.54) is 0 Å². The molecule has 0 spiro atoms. The van der Waals surface area contributed by atoms with Crippen LogP contribution in [-0.4, -0.2) is 21.0 Å². The lowest BCUT2D eigenvalue weighted by atomic mass is 9.81. The van der Waals surface area contributed by atoms with Crippen molar-refractivity contribution in [2.75, 3.05) is 6.54 Å². The monoisotopic (exact) mass is 254 g/mol. The van der Waals surface area contributed by atoms with Gasteiger partial charge in [-0.05, 0) is 24.3 Å². The Kier molecular flexibility index (Phi) is 3.81. The summed E-state index contributed by atoms with van der Waals surface area (Å²) in [6, 6.07) is 9.46. The van der Waals surface area contributed by atoms with E-state index in [2.05, 4.69) is 4.72 Å². The normalized spacial score (nSPS) is 24.3. The molecule has 17 heavy (non-hydrogen) atoms. The molecule has 0 atom stereocenters. The van der Waals surface area contributed by atoms with Crippen LogP contribution in [0.4, 0.5) is 0 Å². The molecule has 0 radical (unpaired) electrons. The van der Waals surface area contributed by atoms with E-state index in [1.807, 2.05) is 30.3 Å². The number of hydrogen-bond acceptors (Lipinski definition) is 3. The smallest absolute Gasteiger partial charge is 0.215 e. The van der Waals surface area contributed by atoms with Crippen molar-refractivity contribution in [1.29, 1.82) is 0 Å². The molecule has 1 fully saturated rings. The molecule has 1 saturated carbocycles. The van der Waals surface area contributed by atoms with E-state index in [9.17, 15) is 8.42 Å². The predicted octanol–water partition coefficient (Wildman–Crippen LogP) is 0.843. The lowest BCUT2D eigenvalue weighted by molar-refractivity contribution is 0.267. The third-order valence-electron chi connectivity index (χ3n) is 3.06. The second kappa shape index (κ2) is 5.16. The molecule has 1 aliphatic rings. The molecule has 0 bridgehead atoms. The fourth-order valence-corrected chi connectivity index (χ4v) is 3.27. The lowest BCUT2D eigenvalue weighted by Gasteiger charge is -2.32. The van der Waals surface area contributed by atoms with Crippen molar-refractivity contribution in [3.05, 3.63) is 35.9 Å². The van der Waals surface area contributed by atoms with Gasteiger partial charge in [-0.3, -0.25) is 0 Å². The van der Waals surface area contributed by atoms with Crippen molar-refractivity contribution < 1.29 is 8.42 Å². The third-order valence-corrected chi connectivity index (χ3v) is 4.38. The average Bonchev–Trinajstić information content (AvgIpc) is 2.24. The van der Waals surface area contributed by atoms with Crippen LogP contribution in [0.25, 0.3) is 0 Å². The van der Waals surface area contributed by atoms with Crippen LogP contribution in [0.1, 0.15) is 18.4 Å². The number of hydrogen-bond donors (Lipinski definition) is 2. The average molecular weight is 254 g/mol. The summed E-state index contributed by atoms with van der Waals surface area (Å²) in [6.45, 7) is 0.517. The number of rotatable bonds is 5. The van der Waals surface area contributed by atoms with E-state index >= 15 is 0 Å². The first kappa shape index (κ1) is 12.5. The molecule has 4 nitrogen and oxygen atoms in total. The molecule has 1 aromatic carbocycles. The molecule has 0 heterocycles. The Balaban J connectivity index is 1.83. The minimum atomic E-state index is -3.21. The van der Waals surface area contributed by atoms with Crippen LogP contribution in [-0.2, 0) is 15.8 Å². The maximum absolute atomic E-state index is 11.8. The maximum atomic E-state index is 11.8. The molecule has 0 saturated heterocycles. The zero-order chi connectivity index (χ0) is 12.3. The highest BCUT2D eigenvalue weighted by molar-refractivity contribution is 7.88. The number of sulfonamides is 1. The molecule has 94 valence electrons. The minimum Gasteiger partial charge on any atom is -0.328 e. The van der Waals surface area contributed by atoms with E-state index in [0.29, 0.717) is 12.5 Å². The molecule has 0 unspecified atom stereocenters. The summed E-state index contributed by atoms with van der Waals surface area (Å²) in [5.41, 5.74) is 6.47. The van der Waals surface area contributed by atoms with Crippen molar-refractivity contribution >= 4 is 10.0 Å². The van der Waals surface area contributed by atoms with Crippen LogP contribution in [0.15, 0.2) is 30.3 Å². The maximum Gasteiger partial charge on any atom is 0.215 e. The van der Waals surface area contributed by atoms with E-state index < -0.39 is 10.0 Å². The Bertz CT molecular complexity index is 453. The highest BCUT2D eigenvalue weighted by Crippen LogP contribution is 2.24. The molecule has 1 aliphatic carbocycles. The van der Waals surface area contributed by atoms with Gasteiger partial charge in [0.25, 0.3) is 0 Å². The fourth-order valence-electron chi connectivity index (χ4n) is 2.04. The van der Waals surface area contributed by atoms with Gasteiger partial charge in [0.15, 0.2) is 0 Å². The van der Waals surface area contributed by atoms with Crippen LogP contribution in [0, 0.1) is 5.92 Å². The second-order valence-electron chi connectivity index (χ2n) is 4.69. The number of nitrogens with one attached hydrogen (secondary N) is 1. The molecule has 1 aromatic rings. The first-order valence-electron chi connectivity index (χ1n) is 5.82. The molecule has 0 amide bonds. The second-order valence-corrected chi connectivity index (χ2v) is 6.50. The summed E-state index contributed by atoms with van der Waals surface area (Å²) in [5, 5.41) is 0. The van der Waals surface area contributed by atoms with Crippen molar-refractivity contribution in [3.8, 4) is 0 Å². The molecule has 0 aromatic heterocycles. The van der Waals surface area contributed by atoms with Gasteiger partial charge in [-0.25, -0.2) is 13.1 Å². The van der Waals surface area contributed by atoms with Gasteiger partial charge < -0.3 is 5.73 Å². The quantitative estimate of drug-likeness (QED) is 0.818. The molecular weight excluding hydrogens is 236 g/mol. The Morgan fingerprint density at radius 3 is 2.47 bits per heavy atom. The van der Waals surface area contributed by atoms with Crippen LogP contribution in [0.3, 0.4) is 0 Å². The Hall–Kier alpha value is -0.910. The molecule has 2 rings (SSSR count). The SMILES string of the molecule is NC1CC(CNS(=O)(=O)Cc2ccccc2)C1. The summed E-state index contributed by atoms with van der Waals surface area (Å²) in [7, 11) is -3.21. The van der Waals surface area contributed by atoms with Crippen molar-refractivity contribution in [2.24, 2.45) is 11.7 Å². The van der Waals surface area contributed by atoms with Gasteiger partial charge in [0.1, 0.15) is 0 Å². The molecular formula is C12H18N2O2S. The molecule has 5 heteroatoms. The Morgan fingerprint density at radius 1 is 1.24 bits per heavy atom. The van der Waals surface area contributed by atoms with Gasteiger partial charge in [0.05, 0.1) is 5.75 Å². The number of benzene rings is 1. The van der Waals surface area contributed by atoms with E-state index in [1.54, 1.807) is 0 Å². The number of nitrogens with two attached hydrogens (primary N) is 1. The first-order valence-corrected chi connectivity index (χ1v) is 7.47.